The predicted molar refractivity (Wildman–Crippen MR) is 5.75 cm³/mol. The zero-order chi connectivity index (χ0) is 0. The fourth-order valence-electron chi connectivity index (χ4n) is 0. The van der Waals surface area contributed by atoms with Gasteiger partial charge in [-0.05, 0) is 0 Å². The van der Waals surface area contributed by atoms with Gasteiger partial charge >= 0.3 is 0 Å². The van der Waals surface area contributed by atoms with E-state index in [1.807, 2.05) is 0 Å². The van der Waals surface area contributed by atoms with Gasteiger partial charge in [-0.15, -0.1) is 0 Å². The van der Waals surface area contributed by atoms with Crippen molar-refractivity contribution in [3.05, 3.63) is 0 Å². The molecule has 0 N–H and O–H groups in total. The Morgan fingerprint density at radius 2 is 0.400 bits per heavy atom. The Hall–Kier alpha value is 2.90. The van der Waals surface area contributed by atoms with Gasteiger partial charge in [0.15, 0.2) is 0 Å². The zero-order valence-electron chi connectivity index (χ0n) is 1.65. The van der Waals surface area contributed by atoms with Gasteiger partial charge in [-0.3, -0.25) is 0 Å². The Balaban J connectivity index is 0. The summed E-state index contributed by atoms with van der Waals surface area (Å²) in [6.45, 7) is 0. The third-order valence-electron chi connectivity index (χ3n) is 0. The normalized spacial score (nSPS) is 0. The molecule has 0 aliphatic carbocycles. The van der Waals surface area contributed by atoms with E-state index in [0.717, 1.165) is 0 Å². The Morgan fingerprint density at radius 3 is 0.400 bits per heavy atom. The van der Waals surface area contributed by atoms with Crippen LogP contribution in [-0.4, -0.2) is 24.4 Å². The summed E-state index contributed by atoms with van der Waals surface area (Å²) in [5.41, 5.74) is 0. The first-order valence-corrected chi connectivity index (χ1v) is 0. The quantitative estimate of drug-likeness (QED) is 0.506. The fourth-order valence-corrected chi connectivity index (χ4v) is 0. The zero-order valence-corrected chi connectivity index (χ0v) is 7.97. The SMILES string of the molecule is [Cu].[Cu].[Cu].[Cu].[Sb]. The van der Waals surface area contributed by atoms with Crippen molar-refractivity contribution in [2.24, 2.45) is 0 Å². The van der Waals surface area contributed by atoms with E-state index in [0.29, 0.717) is 0 Å². The van der Waals surface area contributed by atoms with Crippen LogP contribution in [0, 0.1) is 0 Å². The van der Waals surface area contributed by atoms with Crippen molar-refractivity contribution >= 4 is 24.4 Å². The van der Waals surface area contributed by atoms with E-state index in [1.165, 1.54) is 0 Å². The van der Waals surface area contributed by atoms with Crippen LogP contribution in [0.4, 0.5) is 0 Å². The molecule has 0 fully saturated rings. The van der Waals surface area contributed by atoms with Crippen LogP contribution in [0.25, 0.3) is 0 Å². The van der Waals surface area contributed by atoms with Crippen molar-refractivity contribution in [3.63, 3.8) is 0 Å². The molecular formula is Cu4Sb. The molecule has 49 valence electrons. The first-order valence-electron chi connectivity index (χ1n) is 0. The van der Waals surface area contributed by atoms with Gasteiger partial charge in [0.2, 0.25) is 0 Å². The summed E-state index contributed by atoms with van der Waals surface area (Å²) in [4.78, 5) is 0. The van der Waals surface area contributed by atoms with Gasteiger partial charge in [0.25, 0.3) is 0 Å². The monoisotopic (exact) mass is 373 g/mol. The molecule has 0 rings (SSSR count). The maximum atomic E-state index is 0. The Bertz CT molecular complexity index is 3.61. The van der Waals surface area contributed by atoms with Crippen molar-refractivity contribution < 1.29 is 68.3 Å². The molecule has 0 bridgehead atoms. The van der Waals surface area contributed by atoms with Crippen LogP contribution in [0.1, 0.15) is 0 Å². The maximum Gasteiger partial charge on any atom is 0 e. The molecule has 0 aromatic rings. The molecule has 0 aromatic carbocycles. The van der Waals surface area contributed by atoms with Crippen LogP contribution >= 0.6 is 0 Å². The molecule has 0 aliphatic heterocycles. The fraction of sp³-hybridized carbons (Fsp3) is 0. The van der Waals surface area contributed by atoms with Crippen LogP contribution in [0.5, 0.6) is 0 Å². The Kier molecular flexibility index (Phi) is 256. The number of hydrogen-bond acceptors (Lipinski definition) is 0. The van der Waals surface area contributed by atoms with Gasteiger partial charge < -0.3 is 0 Å². The van der Waals surface area contributed by atoms with E-state index in [1.54, 1.807) is 0 Å². The average Bonchev–Trinajstić information content (AvgIpc) is 0. The van der Waals surface area contributed by atoms with Crippen molar-refractivity contribution in [2.75, 3.05) is 0 Å². The molecule has 0 saturated heterocycles. The van der Waals surface area contributed by atoms with E-state index in [-0.39, 0.29) is 92.7 Å². The van der Waals surface area contributed by atoms with E-state index in [4.69, 9.17) is 0 Å². The van der Waals surface area contributed by atoms with Gasteiger partial charge in [0.05, 0.1) is 0 Å². The number of hydrogen-bond donors (Lipinski definition) is 0. The van der Waals surface area contributed by atoms with Crippen molar-refractivity contribution in [3.8, 4) is 0 Å². The van der Waals surface area contributed by atoms with E-state index in [9.17, 15) is 0 Å². The molecule has 0 saturated carbocycles. The van der Waals surface area contributed by atoms with Crippen molar-refractivity contribution in [2.45, 2.75) is 0 Å². The second-order valence-corrected chi connectivity index (χ2v) is 0. The summed E-state index contributed by atoms with van der Waals surface area (Å²) in [5.74, 6) is 0. The first-order chi connectivity index (χ1) is 0. The van der Waals surface area contributed by atoms with Crippen LogP contribution < -0.4 is 0 Å². The Morgan fingerprint density at radius 1 is 0.400 bits per heavy atom. The second-order valence-electron chi connectivity index (χ2n) is 0. The van der Waals surface area contributed by atoms with Crippen LogP contribution in [0.2, 0.25) is 0 Å². The molecular weight excluding hydrogens is 376 g/mol. The molecule has 0 aromatic heterocycles. The Labute approximate surface area is 91.3 Å². The van der Waals surface area contributed by atoms with Crippen LogP contribution in [0.3, 0.4) is 0 Å². The summed E-state index contributed by atoms with van der Waals surface area (Å²) < 4.78 is 0. The second kappa shape index (κ2) is 28.6. The molecule has 0 heterocycles. The van der Waals surface area contributed by atoms with Gasteiger partial charge in [0.1, 0.15) is 0 Å². The molecule has 0 amide bonds. The third-order valence-corrected chi connectivity index (χ3v) is 0. The van der Waals surface area contributed by atoms with Gasteiger partial charge in [-0.1, -0.05) is 0 Å². The minimum absolute atomic E-state index is 0. The summed E-state index contributed by atoms with van der Waals surface area (Å²) in [5, 5.41) is 0. The minimum atomic E-state index is 0. The predicted octanol–water partition coefficient (Wildman–Crippen LogP) is -0.391. The molecule has 0 spiro atoms. The maximum absolute atomic E-state index is 0. The standard InChI is InChI=1S/4Cu.Sb. The van der Waals surface area contributed by atoms with E-state index < -0.39 is 0 Å². The van der Waals surface area contributed by atoms with Gasteiger partial charge in [-0.25, -0.2) is 0 Å². The molecule has 0 unspecified atom stereocenters. The summed E-state index contributed by atoms with van der Waals surface area (Å²) in [6.07, 6.45) is 0. The van der Waals surface area contributed by atoms with Gasteiger partial charge in [-0.2, -0.15) is 0 Å². The molecule has 0 aliphatic rings. The summed E-state index contributed by atoms with van der Waals surface area (Å²) in [7, 11) is 0. The summed E-state index contributed by atoms with van der Waals surface area (Å²) >= 11 is 0. The molecule has 0 atom stereocenters. The van der Waals surface area contributed by atoms with Crippen LogP contribution in [-0.2, 0) is 68.3 Å². The smallest absolute Gasteiger partial charge is 0 e. The molecule has 0 nitrogen and oxygen atoms in total. The minimum Gasteiger partial charge on any atom is 0 e. The van der Waals surface area contributed by atoms with Crippen molar-refractivity contribution in [1.29, 1.82) is 0 Å². The van der Waals surface area contributed by atoms with Crippen molar-refractivity contribution in [1.82, 2.24) is 0 Å². The van der Waals surface area contributed by atoms with E-state index >= 15 is 0 Å². The average molecular weight is 376 g/mol. The third kappa shape index (κ3) is 19.7. The van der Waals surface area contributed by atoms with Gasteiger partial charge in [0, 0.05) is 92.7 Å². The molecule has 5 heteroatoms. The first kappa shape index (κ1) is 44.8. The largest absolute Gasteiger partial charge is 0 e. The van der Waals surface area contributed by atoms with Crippen LogP contribution in [0.15, 0.2) is 0 Å². The molecule has 7 radical (unpaired) electrons. The molecule has 5 heavy (non-hydrogen) atoms. The topological polar surface area (TPSA) is 0 Å². The summed E-state index contributed by atoms with van der Waals surface area (Å²) in [6, 6.07) is 0. The van der Waals surface area contributed by atoms with E-state index in [2.05, 4.69) is 0 Å². The number of rotatable bonds is 0.